The Balaban J connectivity index is -0.000000259. The highest BCUT2D eigenvalue weighted by molar-refractivity contribution is 6.04. The number of halogens is 1. The first-order chi connectivity index (χ1) is 36.3. The van der Waals surface area contributed by atoms with Crippen LogP contribution < -0.4 is 58.9 Å². The van der Waals surface area contributed by atoms with Crippen LogP contribution in [0.25, 0.3) is 0 Å². The van der Waals surface area contributed by atoms with Crippen molar-refractivity contribution in [2.75, 3.05) is 123 Å². The monoisotopic (exact) mass is 1160 g/mol. The van der Waals surface area contributed by atoms with Crippen molar-refractivity contribution in [1.82, 2.24) is 77.7 Å². The van der Waals surface area contributed by atoms with Crippen molar-refractivity contribution in [3.8, 4) is 0 Å². The van der Waals surface area contributed by atoms with Crippen LogP contribution in [0.1, 0.15) is 34.6 Å². The predicted octanol–water partition coefficient (Wildman–Crippen LogP) is -4.97. The standard InChI is InChI=1S/C7H14N2O3.C6H15NO2.C5H8N2O2.3C4H6N2O2.2C3H4N2O2.C3H7NO2.C3H4O.ClH/c1-5(2)9-7(11)8-4-6(10)12-3;1-6(8-4,9-5)7(2)3;1-2-7-4(8)3-6-5(7)9;3*1-6-3(7)2-5-4(6)8;2*6-2-1-4-3(7)5-2;1-6-3(5)2-4;1-2-3-4;/h5H,4H2,1-3H3,(H2,8,9,11);1-5H3;2-3H2,1H3,(H,6,9);3*2H2,1H3,(H,5,8);2*1H2,(H2,4,5,6,7);2,4H2,1H3;2H,1H3;1H. The molecule has 0 saturated carbocycles. The second kappa shape index (κ2) is 44.5. The third-order valence-electron chi connectivity index (χ3n) is 8.91. The molecular formula is C42H75ClN16O20. The zero-order valence-corrected chi connectivity index (χ0v) is 47.2. The molecule has 450 valence electrons. The first kappa shape index (κ1) is 79.3. The Bertz CT molecular complexity index is 1910. The van der Waals surface area contributed by atoms with Gasteiger partial charge in [0, 0.05) is 54.9 Å². The van der Waals surface area contributed by atoms with Gasteiger partial charge in [-0.15, -0.1) is 12.4 Å². The van der Waals surface area contributed by atoms with E-state index in [-0.39, 0.29) is 142 Å². The maximum absolute atomic E-state index is 10.8. The number of rotatable bonds is 8. The molecule has 6 rings (SSSR count). The molecule has 0 unspecified atom stereocenters. The number of imide groups is 6. The zero-order valence-electron chi connectivity index (χ0n) is 46.4. The summed E-state index contributed by atoms with van der Waals surface area (Å²) in [5.41, 5.74) is 4.81. The number of nitrogens with one attached hydrogen (secondary N) is 10. The minimum absolute atomic E-state index is 0. The lowest BCUT2D eigenvalue weighted by atomic mass is 10.4. The summed E-state index contributed by atoms with van der Waals surface area (Å²) in [7, 11) is 13.9. The number of hydrogen-bond donors (Lipinski definition) is 11. The zero-order chi connectivity index (χ0) is 61.3. The van der Waals surface area contributed by atoms with Gasteiger partial charge >= 0.3 is 54.2 Å². The molecule has 0 aromatic carbocycles. The highest BCUT2D eigenvalue weighted by Crippen LogP contribution is 2.11. The summed E-state index contributed by atoms with van der Waals surface area (Å²) in [5.74, 6) is -1.04. The summed E-state index contributed by atoms with van der Waals surface area (Å²) in [5, 5.41) is 23.0. The molecular weight excluding hydrogens is 1080 g/mol. The van der Waals surface area contributed by atoms with Crippen molar-refractivity contribution in [2.24, 2.45) is 5.73 Å². The lowest BCUT2D eigenvalue weighted by Gasteiger charge is -2.32. The van der Waals surface area contributed by atoms with Crippen LogP contribution in [0.3, 0.4) is 0 Å². The van der Waals surface area contributed by atoms with Crippen molar-refractivity contribution >= 4 is 108 Å². The van der Waals surface area contributed by atoms with Crippen LogP contribution in [-0.2, 0) is 62.1 Å². The van der Waals surface area contributed by atoms with Crippen LogP contribution >= 0.6 is 12.4 Å². The van der Waals surface area contributed by atoms with E-state index in [0.717, 1.165) is 14.7 Å². The number of urea groups is 7. The van der Waals surface area contributed by atoms with Crippen LogP contribution in [0, 0.1) is 0 Å². The van der Waals surface area contributed by atoms with E-state index in [1.807, 2.05) is 50.4 Å². The number of hydrogen-bond acceptors (Lipinski definition) is 22. The molecule has 0 atom stereocenters. The van der Waals surface area contributed by atoms with Gasteiger partial charge in [0.05, 0.1) is 60.0 Å². The Morgan fingerprint density at radius 2 is 0.987 bits per heavy atom. The molecule has 0 aromatic heterocycles. The van der Waals surface area contributed by atoms with Gasteiger partial charge in [0.15, 0.2) is 0 Å². The normalized spacial score (nSPS) is 15.0. The summed E-state index contributed by atoms with van der Waals surface area (Å²) >= 11 is 0. The summed E-state index contributed by atoms with van der Waals surface area (Å²) < 4.78 is 18.6. The molecule has 6 aliphatic heterocycles. The second-order valence-corrected chi connectivity index (χ2v) is 15.0. The van der Waals surface area contributed by atoms with Crippen molar-refractivity contribution < 1.29 is 95.7 Å². The molecule has 6 saturated heterocycles. The van der Waals surface area contributed by atoms with Gasteiger partial charge in [-0.05, 0) is 47.9 Å². The summed E-state index contributed by atoms with van der Waals surface area (Å²) in [4.78, 5) is 170. The van der Waals surface area contributed by atoms with Crippen molar-refractivity contribution in [3.63, 3.8) is 0 Å². The number of amides is 20. The Morgan fingerprint density at radius 3 is 1.10 bits per heavy atom. The van der Waals surface area contributed by atoms with Crippen LogP contribution in [0.5, 0.6) is 0 Å². The molecule has 0 radical (unpaired) electrons. The van der Waals surface area contributed by atoms with Gasteiger partial charge in [-0.1, -0.05) is 0 Å². The van der Waals surface area contributed by atoms with E-state index in [1.165, 1.54) is 46.3 Å². The molecule has 6 heterocycles. The minimum Gasteiger partial charge on any atom is -0.468 e. The highest BCUT2D eigenvalue weighted by Gasteiger charge is 2.27. The number of nitrogens with zero attached hydrogens (tertiary/aromatic N) is 5. The molecule has 6 fully saturated rings. The number of nitrogens with two attached hydrogens (primary N) is 1. The molecule has 0 aromatic rings. The fraction of sp³-hybridized carbons (Fsp3) is 0.595. The van der Waals surface area contributed by atoms with Gasteiger partial charge in [-0.25, -0.2) is 38.4 Å². The van der Waals surface area contributed by atoms with E-state index < -0.39 is 23.9 Å². The number of carbonyl (C=O) groups is 15. The Labute approximate surface area is 461 Å². The first-order valence-electron chi connectivity index (χ1n) is 22.5. The van der Waals surface area contributed by atoms with E-state index in [4.69, 9.17) is 20.0 Å². The quantitative estimate of drug-likeness (QED) is 0.0469. The number of ether oxygens (including phenoxy) is 4. The van der Waals surface area contributed by atoms with Crippen molar-refractivity contribution in [3.05, 3.63) is 6.08 Å². The van der Waals surface area contributed by atoms with E-state index in [1.54, 1.807) is 34.0 Å². The van der Waals surface area contributed by atoms with Gasteiger partial charge in [-0.3, -0.25) is 73.5 Å². The van der Waals surface area contributed by atoms with Gasteiger partial charge in [-0.2, -0.15) is 0 Å². The molecule has 0 bridgehead atoms. The van der Waals surface area contributed by atoms with Crippen LogP contribution in [-0.4, -0.2) is 255 Å². The number of likely N-dealkylation sites (N-methyl/N-ethyl adjacent to an activating group) is 4. The molecule has 0 spiro atoms. The van der Waals surface area contributed by atoms with Gasteiger partial charge in [0.2, 0.25) is 41.4 Å². The summed E-state index contributed by atoms with van der Waals surface area (Å²) in [6, 6.07) is -2.31. The molecule has 36 nitrogen and oxygen atoms in total. The van der Waals surface area contributed by atoms with E-state index in [2.05, 4.69) is 52.0 Å². The second-order valence-electron chi connectivity index (χ2n) is 15.0. The first-order valence-corrected chi connectivity index (χ1v) is 22.5. The topological polar surface area (TPSA) is 473 Å². The van der Waals surface area contributed by atoms with Gasteiger partial charge < -0.3 is 67.2 Å². The lowest BCUT2D eigenvalue weighted by molar-refractivity contribution is -0.270. The maximum Gasteiger partial charge on any atom is 0.325 e. The van der Waals surface area contributed by atoms with Crippen molar-refractivity contribution in [1.29, 1.82) is 0 Å². The van der Waals surface area contributed by atoms with E-state index in [9.17, 15) is 71.9 Å². The Morgan fingerprint density at radius 1 is 0.646 bits per heavy atom. The smallest absolute Gasteiger partial charge is 0.325 e. The average molecular weight is 1160 g/mol. The van der Waals surface area contributed by atoms with Gasteiger partial charge in [0.1, 0.15) is 12.5 Å². The molecule has 12 N–H and O–H groups in total. The predicted molar refractivity (Wildman–Crippen MR) is 276 cm³/mol. The third kappa shape index (κ3) is 37.8. The summed E-state index contributed by atoms with van der Waals surface area (Å²) in [6.07, 6.45) is 1.32. The maximum atomic E-state index is 10.8. The molecule has 37 heteroatoms. The largest absolute Gasteiger partial charge is 0.468 e. The number of allylic oxidation sites excluding steroid dienone is 1. The Hall–Kier alpha value is -8.57. The van der Waals surface area contributed by atoms with Crippen LogP contribution in [0.4, 0.5) is 33.6 Å². The number of carbonyl (C=O) groups excluding carboxylic acids is 16. The third-order valence-corrected chi connectivity index (χ3v) is 8.91. The SMILES string of the molecule is CC=C=O.CCN1C(=O)CNC1=O.CN1C(=O)CNC1=O.CN1C(=O)CNC1=O.CN1C(=O)CNC1=O.COC(=O)CN.COC(=O)CNC(=O)NC(C)C.COC(C)(OC)N(C)C.Cl.O=C1CNC(=O)N1.O=C1CNC(=O)N1. The minimum atomic E-state index is -0.583. The van der Waals surface area contributed by atoms with Gasteiger partial charge in [0.25, 0.3) is 0 Å². The van der Waals surface area contributed by atoms with Crippen LogP contribution in [0.15, 0.2) is 6.08 Å². The summed E-state index contributed by atoms with van der Waals surface area (Å²) in [6.45, 7) is 10.1. The van der Waals surface area contributed by atoms with E-state index >= 15 is 0 Å². The number of esters is 2. The van der Waals surface area contributed by atoms with Crippen molar-refractivity contribution in [2.45, 2.75) is 46.6 Å². The molecule has 20 amide bonds. The lowest BCUT2D eigenvalue weighted by Crippen LogP contribution is -2.44. The average Bonchev–Trinajstić information content (AvgIpc) is 4.27. The van der Waals surface area contributed by atoms with E-state index in [0.29, 0.717) is 6.54 Å². The fourth-order valence-electron chi connectivity index (χ4n) is 4.10. The molecule has 0 aliphatic carbocycles. The fourth-order valence-corrected chi connectivity index (χ4v) is 4.10. The Kier molecular flexibility index (Phi) is 44.7. The molecule has 79 heavy (non-hydrogen) atoms. The molecule has 6 aliphatic rings. The van der Waals surface area contributed by atoms with Crippen LogP contribution in [0.2, 0.25) is 0 Å². The highest BCUT2D eigenvalue weighted by atomic mass is 35.5. The number of methoxy groups -OCH3 is 4.